The molecule has 0 radical (unpaired) electrons. The van der Waals surface area contributed by atoms with E-state index in [1.807, 2.05) is 13.8 Å². The molecule has 2 heterocycles. The van der Waals surface area contributed by atoms with Gasteiger partial charge < -0.3 is 19.9 Å². The Bertz CT molecular complexity index is 937. The molecule has 9 nitrogen and oxygen atoms in total. The molecule has 0 aromatic heterocycles. The molecule has 0 aliphatic carbocycles. The van der Waals surface area contributed by atoms with E-state index in [9.17, 15) is 19.2 Å². The molecule has 1 amide bonds. The number of hydrogen-bond acceptors (Lipinski definition) is 8. The fraction of sp³-hybridized carbons (Fsp3) is 0.545. The van der Waals surface area contributed by atoms with E-state index in [4.69, 9.17) is 32.5 Å². The highest BCUT2D eigenvalue weighted by Crippen LogP contribution is 2.29. The summed E-state index contributed by atoms with van der Waals surface area (Å²) in [6.07, 6.45) is 0.435. The highest BCUT2D eigenvalue weighted by atomic mass is 35.5. The van der Waals surface area contributed by atoms with E-state index in [0.717, 1.165) is 0 Å². The van der Waals surface area contributed by atoms with Crippen LogP contribution in [0.5, 0.6) is 0 Å². The van der Waals surface area contributed by atoms with E-state index in [2.05, 4.69) is 10.6 Å². The second kappa shape index (κ2) is 11.5. The van der Waals surface area contributed by atoms with Crippen LogP contribution < -0.4 is 10.6 Å². The number of piperazine rings is 1. The molecule has 3 atom stereocenters. The Balaban J connectivity index is 1.68. The largest absolute Gasteiger partial charge is 0.602 e. The molecule has 2 aliphatic heterocycles. The summed E-state index contributed by atoms with van der Waals surface area (Å²) in [4.78, 5) is 52.4. The molecule has 0 saturated carbocycles. The fourth-order valence-corrected chi connectivity index (χ4v) is 4.55. The summed E-state index contributed by atoms with van der Waals surface area (Å²) in [5.74, 6) is -2.27. The zero-order chi connectivity index (χ0) is 25.0. The normalized spacial score (nSPS) is 21.9. The number of halogens is 2. The molecule has 2 bridgehead atoms. The van der Waals surface area contributed by atoms with Gasteiger partial charge in [-0.3, -0.25) is 24.1 Å². The van der Waals surface area contributed by atoms with Gasteiger partial charge in [-0.2, -0.15) is 0 Å². The molecular formula is C22H28BCl2N3O6. The van der Waals surface area contributed by atoms with Crippen LogP contribution in [0.25, 0.3) is 0 Å². The Morgan fingerprint density at radius 1 is 1.18 bits per heavy atom. The number of rotatable bonds is 8. The van der Waals surface area contributed by atoms with Crippen LogP contribution in [0, 0.1) is 5.92 Å². The molecule has 184 valence electrons. The maximum absolute atomic E-state index is 12.8. The Labute approximate surface area is 208 Å². The number of nitrogens with zero attached hydrogens (tertiary/aromatic N) is 1. The van der Waals surface area contributed by atoms with Gasteiger partial charge in [-0.15, -0.1) is 0 Å². The topological polar surface area (TPSA) is 114 Å². The zero-order valence-corrected chi connectivity index (χ0v) is 20.8. The lowest BCUT2D eigenvalue weighted by molar-refractivity contribution is -0.156. The Kier molecular flexibility index (Phi) is 8.98. The third-order valence-corrected chi connectivity index (χ3v) is 6.50. The Morgan fingerprint density at radius 3 is 2.38 bits per heavy atom. The number of carbonyl (C=O) groups is 4. The summed E-state index contributed by atoms with van der Waals surface area (Å²) < 4.78 is 11.1. The van der Waals surface area contributed by atoms with Crippen LogP contribution in [0.4, 0.5) is 0 Å². The number of hydrogen-bond donors (Lipinski definition) is 2. The van der Waals surface area contributed by atoms with Gasteiger partial charge in [0.1, 0.15) is 12.1 Å². The lowest BCUT2D eigenvalue weighted by Crippen LogP contribution is -2.64. The van der Waals surface area contributed by atoms with Crippen LogP contribution >= 0.6 is 23.2 Å². The highest BCUT2D eigenvalue weighted by molar-refractivity contribution is 6.51. The molecule has 34 heavy (non-hydrogen) atoms. The number of amides is 1. The van der Waals surface area contributed by atoms with E-state index in [1.54, 1.807) is 18.0 Å². The van der Waals surface area contributed by atoms with Crippen LogP contribution in [0.2, 0.25) is 15.9 Å². The number of ketones is 1. The number of benzene rings is 1. The predicted octanol–water partition coefficient (Wildman–Crippen LogP) is 1.96. The first-order valence-corrected chi connectivity index (χ1v) is 11.9. The maximum Gasteiger partial charge on any atom is 0.602 e. The maximum atomic E-state index is 12.8. The van der Waals surface area contributed by atoms with Gasteiger partial charge in [-0.1, -0.05) is 37.0 Å². The first-order chi connectivity index (χ1) is 16.1. The van der Waals surface area contributed by atoms with E-state index in [1.165, 1.54) is 12.1 Å². The minimum atomic E-state index is -1.18. The van der Waals surface area contributed by atoms with Crippen molar-refractivity contribution in [2.75, 3.05) is 26.7 Å². The first-order valence-electron chi connectivity index (χ1n) is 11.2. The third-order valence-electron chi connectivity index (χ3n) is 5.94. The Hall–Kier alpha value is -2.14. The van der Waals surface area contributed by atoms with Crippen molar-refractivity contribution in [2.45, 2.75) is 44.6 Å². The number of Topliss-reactive ketones (excluding diaryl/α,β-unsaturated/α-hetero) is 1. The molecule has 2 aliphatic rings. The highest BCUT2D eigenvalue weighted by Gasteiger charge is 2.47. The van der Waals surface area contributed by atoms with Gasteiger partial charge in [0, 0.05) is 30.4 Å². The van der Waals surface area contributed by atoms with Crippen LogP contribution in [0.15, 0.2) is 18.2 Å². The van der Waals surface area contributed by atoms with Crippen LogP contribution in [0.1, 0.15) is 37.0 Å². The third kappa shape index (κ3) is 6.50. The number of likely N-dealkylation sites (N-methyl/N-ethyl adjacent to an activating group) is 1. The van der Waals surface area contributed by atoms with Gasteiger partial charge >= 0.3 is 19.1 Å². The molecule has 1 aromatic carbocycles. The molecule has 0 spiro atoms. The number of carbonyl (C=O) groups excluding carboxylic acids is 4. The standard InChI is InChI=1S/C22H28BCl2N3O6/c1-12(2)6-13(7-15(29)9-27-20(30)16-8-14(24)4-5-17(16)25)23-33-21(31)18-10-26-11-19(28(18)3)22(32)34-23/h4-5,8,12-13,18-19,26H,6-7,9-11H2,1-3H3,(H,27,30)/t13-,18-,19+/m1/s1. The monoisotopic (exact) mass is 511 g/mol. The van der Waals surface area contributed by atoms with Crippen molar-refractivity contribution in [1.29, 1.82) is 0 Å². The first kappa shape index (κ1) is 26.5. The summed E-state index contributed by atoms with van der Waals surface area (Å²) in [5, 5.41) is 6.15. The zero-order valence-electron chi connectivity index (χ0n) is 19.3. The van der Waals surface area contributed by atoms with E-state index >= 15 is 0 Å². The molecular weight excluding hydrogens is 484 g/mol. The lowest BCUT2D eigenvalue weighted by Gasteiger charge is -2.40. The second-order valence-corrected chi connectivity index (χ2v) is 9.88. The molecule has 1 aromatic rings. The van der Waals surface area contributed by atoms with E-state index in [-0.39, 0.29) is 35.3 Å². The van der Waals surface area contributed by atoms with Gasteiger partial charge in [-0.05, 0) is 37.6 Å². The number of nitrogens with one attached hydrogen (secondary N) is 2. The molecule has 2 N–H and O–H groups in total. The van der Waals surface area contributed by atoms with Crippen molar-refractivity contribution in [3.63, 3.8) is 0 Å². The van der Waals surface area contributed by atoms with Crippen LogP contribution in [-0.4, -0.2) is 74.4 Å². The van der Waals surface area contributed by atoms with Crippen LogP contribution in [0.3, 0.4) is 0 Å². The van der Waals surface area contributed by atoms with Gasteiger partial charge in [0.05, 0.1) is 17.1 Å². The summed E-state index contributed by atoms with van der Waals surface area (Å²) in [5.41, 5.74) is 0.160. The van der Waals surface area contributed by atoms with E-state index < -0.39 is 42.9 Å². The summed E-state index contributed by atoms with van der Waals surface area (Å²) >= 11 is 12.0. The van der Waals surface area contributed by atoms with Crippen molar-refractivity contribution in [3.05, 3.63) is 33.8 Å². The van der Waals surface area contributed by atoms with Crippen molar-refractivity contribution < 1.29 is 28.5 Å². The predicted molar refractivity (Wildman–Crippen MR) is 128 cm³/mol. The molecule has 3 rings (SSSR count). The van der Waals surface area contributed by atoms with Crippen molar-refractivity contribution in [2.24, 2.45) is 5.92 Å². The molecule has 12 heteroatoms. The Morgan fingerprint density at radius 2 is 1.79 bits per heavy atom. The summed E-state index contributed by atoms with van der Waals surface area (Å²) in [6.45, 7) is 4.37. The average Bonchev–Trinajstić information content (AvgIpc) is 2.77. The average molecular weight is 512 g/mol. The summed E-state index contributed by atoms with van der Waals surface area (Å²) in [6, 6.07) is 3.24. The van der Waals surface area contributed by atoms with E-state index in [0.29, 0.717) is 24.5 Å². The quantitative estimate of drug-likeness (QED) is 0.509. The van der Waals surface area contributed by atoms with Crippen molar-refractivity contribution >= 4 is 53.9 Å². The van der Waals surface area contributed by atoms with Gasteiger partial charge in [-0.25, -0.2) is 0 Å². The second-order valence-electron chi connectivity index (χ2n) is 9.04. The summed E-state index contributed by atoms with van der Waals surface area (Å²) in [7, 11) is 0.504. The minimum absolute atomic E-state index is 0.0453. The molecule has 0 unspecified atom stereocenters. The smallest absolute Gasteiger partial charge is 0.498 e. The number of fused-ring (bicyclic) bond motifs is 2. The van der Waals surface area contributed by atoms with Gasteiger partial charge in [0.25, 0.3) is 5.91 Å². The van der Waals surface area contributed by atoms with Crippen LogP contribution in [-0.2, 0) is 23.7 Å². The minimum Gasteiger partial charge on any atom is -0.498 e. The molecule has 2 fully saturated rings. The van der Waals surface area contributed by atoms with Crippen molar-refractivity contribution in [3.8, 4) is 0 Å². The fourth-order valence-electron chi connectivity index (χ4n) is 4.17. The molecule has 2 saturated heterocycles. The lowest BCUT2D eigenvalue weighted by atomic mass is 9.65. The van der Waals surface area contributed by atoms with Crippen molar-refractivity contribution in [1.82, 2.24) is 15.5 Å². The van der Waals surface area contributed by atoms with Gasteiger partial charge in [0.15, 0.2) is 5.78 Å². The SMILES string of the molecule is CC(C)C[C@H](CC(=O)CNC(=O)c1cc(Cl)ccc1Cl)B1OC(=O)[C@H]2CNC[C@@H](C(=O)O1)N2C. The van der Waals surface area contributed by atoms with Gasteiger partial charge in [0.2, 0.25) is 0 Å².